The summed E-state index contributed by atoms with van der Waals surface area (Å²) in [5.74, 6) is 0.365. The van der Waals surface area contributed by atoms with Crippen molar-refractivity contribution in [2.45, 2.75) is 19.0 Å². The maximum atomic E-state index is 12.5. The normalized spacial score (nSPS) is 17.2. The predicted molar refractivity (Wildman–Crippen MR) is 74.0 cm³/mol. The topological polar surface area (TPSA) is 58.3 Å². The molecule has 0 atom stereocenters. The Morgan fingerprint density at radius 1 is 1.05 bits per heavy atom. The lowest BCUT2D eigenvalue weighted by atomic mass is 10.2. The summed E-state index contributed by atoms with van der Waals surface area (Å²) in [5.41, 5.74) is 4.65. The van der Waals surface area contributed by atoms with Crippen LogP contribution in [0.2, 0.25) is 0 Å². The Kier molecular flexibility index (Phi) is 5.35. The number of nitrogens with zero attached hydrogens (tertiary/aromatic N) is 4. The Morgan fingerprint density at radius 2 is 1.67 bits per heavy atom. The minimum Gasteiger partial charge on any atom is -0.338 e. The molecule has 1 aromatic heterocycles. The van der Waals surface area contributed by atoms with Crippen LogP contribution >= 0.6 is 0 Å². The number of aromatic nitrogens is 2. The zero-order valence-corrected chi connectivity index (χ0v) is 11.8. The first-order valence-corrected chi connectivity index (χ1v) is 7.07. The third-order valence-corrected chi connectivity index (χ3v) is 3.55. The summed E-state index contributed by atoms with van der Waals surface area (Å²) in [6.45, 7) is 4.92. The molecule has 21 heavy (non-hydrogen) atoms. The van der Waals surface area contributed by atoms with Gasteiger partial charge < -0.3 is 10.6 Å². The van der Waals surface area contributed by atoms with Crippen LogP contribution in [0.25, 0.3) is 0 Å². The van der Waals surface area contributed by atoms with E-state index < -0.39 is 11.7 Å². The van der Waals surface area contributed by atoms with E-state index in [1.165, 1.54) is 0 Å². The van der Waals surface area contributed by atoms with Crippen LogP contribution in [0.5, 0.6) is 0 Å². The molecule has 2 N–H and O–H groups in total. The first kappa shape index (κ1) is 16.0. The van der Waals surface area contributed by atoms with Crippen molar-refractivity contribution < 1.29 is 13.2 Å². The van der Waals surface area contributed by atoms with Gasteiger partial charge in [0.25, 0.3) is 0 Å². The van der Waals surface area contributed by atoms with Crippen molar-refractivity contribution in [1.82, 2.24) is 14.9 Å². The first-order valence-electron chi connectivity index (χ1n) is 7.07. The lowest BCUT2D eigenvalue weighted by molar-refractivity contribution is -0.138. The fourth-order valence-corrected chi connectivity index (χ4v) is 2.28. The SMILES string of the molecule is NCCCCN1CCN(c2ncc(C(F)(F)F)cn2)CC1. The van der Waals surface area contributed by atoms with Crippen LogP contribution in [0.1, 0.15) is 18.4 Å². The van der Waals surface area contributed by atoms with Crippen LogP contribution in [0.3, 0.4) is 0 Å². The minimum atomic E-state index is -4.39. The zero-order valence-electron chi connectivity index (χ0n) is 11.8. The summed E-state index contributed by atoms with van der Waals surface area (Å²) < 4.78 is 37.4. The van der Waals surface area contributed by atoms with Gasteiger partial charge in [-0.2, -0.15) is 13.2 Å². The molecule has 0 radical (unpaired) electrons. The second kappa shape index (κ2) is 7.04. The van der Waals surface area contributed by atoms with E-state index in [0.717, 1.165) is 58.0 Å². The minimum absolute atomic E-state index is 0.365. The summed E-state index contributed by atoms with van der Waals surface area (Å²) in [7, 11) is 0. The largest absolute Gasteiger partial charge is 0.419 e. The van der Waals surface area contributed by atoms with Crippen LogP contribution in [0.4, 0.5) is 19.1 Å². The second-order valence-corrected chi connectivity index (χ2v) is 5.09. The summed E-state index contributed by atoms with van der Waals surface area (Å²) in [5, 5.41) is 0. The number of hydrogen-bond acceptors (Lipinski definition) is 5. The molecule has 1 aliphatic rings. The molecule has 0 bridgehead atoms. The lowest BCUT2D eigenvalue weighted by Crippen LogP contribution is -2.47. The van der Waals surface area contributed by atoms with Crippen molar-refractivity contribution in [3.05, 3.63) is 18.0 Å². The van der Waals surface area contributed by atoms with Crippen LogP contribution in [0, 0.1) is 0 Å². The van der Waals surface area contributed by atoms with Crippen LogP contribution in [0.15, 0.2) is 12.4 Å². The van der Waals surface area contributed by atoms with Crippen molar-refractivity contribution >= 4 is 5.95 Å². The van der Waals surface area contributed by atoms with Gasteiger partial charge in [0.15, 0.2) is 0 Å². The van der Waals surface area contributed by atoms with Gasteiger partial charge in [0, 0.05) is 38.6 Å². The molecule has 0 aromatic carbocycles. The monoisotopic (exact) mass is 303 g/mol. The highest BCUT2D eigenvalue weighted by Crippen LogP contribution is 2.28. The second-order valence-electron chi connectivity index (χ2n) is 5.09. The van der Waals surface area contributed by atoms with Crippen molar-refractivity contribution in [1.29, 1.82) is 0 Å². The third kappa shape index (κ3) is 4.53. The maximum Gasteiger partial charge on any atom is 0.419 e. The summed E-state index contributed by atoms with van der Waals surface area (Å²) in [6.07, 6.45) is -0.609. The number of alkyl halides is 3. The van der Waals surface area contributed by atoms with Gasteiger partial charge >= 0.3 is 6.18 Å². The van der Waals surface area contributed by atoms with E-state index in [-0.39, 0.29) is 0 Å². The highest BCUT2D eigenvalue weighted by molar-refractivity contribution is 5.31. The Labute approximate surface area is 122 Å². The molecule has 118 valence electrons. The Balaban J connectivity index is 1.85. The van der Waals surface area contributed by atoms with Gasteiger partial charge in [-0.05, 0) is 25.9 Å². The molecule has 1 aromatic rings. The standard InChI is InChI=1S/C13H20F3N5/c14-13(15,16)11-9-18-12(19-10-11)21-7-5-20(6-8-21)4-2-1-3-17/h9-10H,1-8,17H2. The first-order chi connectivity index (χ1) is 10.0. The van der Waals surface area contributed by atoms with Crippen molar-refractivity contribution in [3.63, 3.8) is 0 Å². The van der Waals surface area contributed by atoms with Crippen molar-refractivity contribution in [3.8, 4) is 0 Å². The fourth-order valence-electron chi connectivity index (χ4n) is 2.28. The maximum absolute atomic E-state index is 12.5. The van der Waals surface area contributed by atoms with Gasteiger partial charge in [-0.15, -0.1) is 0 Å². The van der Waals surface area contributed by atoms with Crippen LogP contribution in [-0.4, -0.2) is 54.1 Å². The molecule has 8 heteroatoms. The quantitative estimate of drug-likeness (QED) is 0.832. The molecule has 0 amide bonds. The molecule has 0 saturated carbocycles. The molecule has 2 heterocycles. The van der Waals surface area contributed by atoms with Gasteiger partial charge in [0.1, 0.15) is 0 Å². The molecule has 0 spiro atoms. The smallest absolute Gasteiger partial charge is 0.338 e. The van der Waals surface area contributed by atoms with Crippen molar-refractivity contribution in [2.24, 2.45) is 5.73 Å². The highest BCUT2D eigenvalue weighted by atomic mass is 19.4. The molecule has 1 fully saturated rings. The zero-order chi connectivity index (χ0) is 15.3. The molecule has 0 aliphatic carbocycles. The number of hydrogen-bond donors (Lipinski definition) is 1. The van der Waals surface area contributed by atoms with E-state index in [4.69, 9.17) is 5.73 Å². The Morgan fingerprint density at radius 3 is 2.19 bits per heavy atom. The fraction of sp³-hybridized carbons (Fsp3) is 0.692. The number of halogens is 3. The van der Waals surface area contributed by atoms with E-state index in [1.54, 1.807) is 0 Å². The van der Waals surface area contributed by atoms with Gasteiger partial charge in [0.05, 0.1) is 5.56 Å². The Hall–Kier alpha value is -1.41. The number of nitrogens with two attached hydrogens (primary N) is 1. The molecule has 5 nitrogen and oxygen atoms in total. The average Bonchev–Trinajstić information content (AvgIpc) is 2.48. The molecular weight excluding hydrogens is 283 g/mol. The lowest BCUT2D eigenvalue weighted by Gasteiger charge is -2.34. The van der Waals surface area contributed by atoms with Gasteiger partial charge in [0.2, 0.25) is 5.95 Å². The van der Waals surface area contributed by atoms with Gasteiger partial charge in [-0.3, -0.25) is 4.90 Å². The van der Waals surface area contributed by atoms with Crippen molar-refractivity contribution in [2.75, 3.05) is 44.2 Å². The average molecular weight is 303 g/mol. The van der Waals surface area contributed by atoms with Crippen LogP contribution in [-0.2, 0) is 6.18 Å². The Bertz CT molecular complexity index is 426. The highest BCUT2D eigenvalue weighted by Gasteiger charge is 2.31. The molecule has 2 rings (SSSR count). The molecule has 1 saturated heterocycles. The number of piperazine rings is 1. The molecular formula is C13H20F3N5. The third-order valence-electron chi connectivity index (χ3n) is 3.55. The van der Waals surface area contributed by atoms with E-state index >= 15 is 0 Å². The summed E-state index contributed by atoms with van der Waals surface area (Å²) in [4.78, 5) is 11.9. The van der Waals surface area contributed by atoms with E-state index in [2.05, 4.69) is 14.9 Å². The number of rotatable bonds is 5. The van der Waals surface area contributed by atoms with Crippen LogP contribution < -0.4 is 10.6 Å². The number of anilines is 1. The van der Waals surface area contributed by atoms with E-state index in [0.29, 0.717) is 12.5 Å². The summed E-state index contributed by atoms with van der Waals surface area (Å²) in [6, 6.07) is 0. The van der Waals surface area contributed by atoms with Gasteiger partial charge in [-0.1, -0.05) is 0 Å². The number of unbranched alkanes of at least 4 members (excludes halogenated alkanes) is 1. The van der Waals surface area contributed by atoms with E-state index in [9.17, 15) is 13.2 Å². The molecule has 1 aliphatic heterocycles. The summed E-state index contributed by atoms with van der Waals surface area (Å²) >= 11 is 0. The van der Waals surface area contributed by atoms with E-state index in [1.807, 2.05) is 4.90 Å². The predicted octanol–water partition coefficient (Wildman–Crippen LogP) is 1.36. The molecule has 0 unspecified atom stereocenters. The van der Waals surface area contributed by atoms with Gasteiger partial charge in [-0.25, -0.2) is 9.97 Å².